The van der Waals surface area contributed by atoms with Gasteiger partial charge in [-0.25, -0.2) is 12.7 Å². The number of piperidine rings is 1. The molecule has 8 nitrogen and oxygen atoms in total. The van der Waals surface area contributed by atoms with Gasteiger partial charge >= 0.3 is 0 Å². The third kappa shape index (κ3) is 4.35. The van der Waals surface area contributed by atoms with E-state index in [0.717, 1.165) is 0 Å². The molecular formula is C16H24N4O4S. The lowest BCUT2D eigenvalue weighted by molar-refractivity contribution is 0.0685. The van der Waals surface area contributed by atoms with Crippen LogP contribution in [-0.4, -0.2) is 73.4 Å². The second kappa shape index (κ2) is 7.92. The first-order valence-electron chi connectivity index (χ1n) is 8.23. The lowest BCUT2D eigenvalue weighted by atomic mass is 10.0. The number of nitrogens with one attached hydrogen (secondary N) is 1. The summed E-state index contributed by atoms with van der Waals surface area (Å²) in [6.45, 7) is 2.61. The molecule has 1 N–H and O–H groups in total. The Labute approximate surface area is 148 Å². The maximum Gasteiger partial charge on any atom is 0.269 e. The lowest BCUT2D eigenvalue weighted by Crippen LogP contribution is -2.47. The standard InChI is InChI=1S/C16H24N4O4S/c1-4-25(23,24)19(3)13-7-9-20(10-8-13)16(22)12-5-6-14(18-11-12)15(21)17-2/h5-6,11,13H,4,7-10H2,1-3H3,(H,17,21). The smallest absolute Gasteiger partial charge is 0.269 e. The zero-order valence-corrected chi connectivity index (χ0v) is 15.5. The Morgan fingerprint density at radius 3 is 2.44 bits per heavy atom. The van der Waals surface area contributed by atoms with E-state index in [1.807, 2.05) is 0 Å². The van der Waals surface area contributed by atoms with E-state index in [-0.39, 0.29) is 29.3 Å². The van der Waals surface area contributed by atoms with Crippen LogP contribution in [-0.2, 0) is 10.0 Å². The van der Waals surface area contributed by atoms with Crippen molar-refractivity contribution in [3.05, 3.63) is 29.6 Å². The first kappa shape index (κ1) is 19.3. The topological polar surface area (TPSA) is 99.7 Å². The van der Waals surface area contributed by atoms with E-state index in [1.54, 1.807) is 24.9 Å². The summed E-state index contributed by atoms with van der Waals surface area (Å²) in [7, 11) is -0.105. The van der Waals surface area contributed by atoms with Crippen LogP contribution >= 0.6 is 0 Å². The Bertz CT molecular complexity index is 725. The molecule has 25 heavy (non-hydrogen) atoms. The molecule has 0 unspecified atom stereocenters. The van der Waals surface area contributed by atoms with Crippen LogP contribution in [0.4, 0.5) is 0 Å². The second-order valence-corrected chi connectivity index (χ2v) is 8.27. The summed E-state index contributed by atoms with van der Waals surface area (Å²) in [5, 5.41) is 2.48. The molecule has 0 spiro atoms. The average Bonchev–Trinajstić information content (AvgIpc) is 2.66. The Balaban J connectivity index is 1.98. The van der Waals surface area contributed by atoms with Gasteiger partial charge in [-0.05, 0) is 31.9 Å². The Morgan fingerprint density at radius 2 is 1.96 bits per heavy atom. The van der Waals surface area contributed by atoms with Crippen LogP contribution in [0.2, 0.25) is 0 Å². The number of sulfonamides is 1. The number of carbonyl (C=O) groups is 2. The quantitative estimate of drug-likeness (QED) is 0.807. The van der Waals surface area contributed by atoms with Gasteiger partial charge in [0.2, 0.25) is 10.0 Å². The molecule has 2 amide bonds. The van der Waals surface area contributed by atoms with Crippen LogP contribution in [0.1, 0.15) is 40.6 Å². The molecule has 1 aliphatic heterocycles. The van der Waals surface area contributed by atoms with Crippen molar-refractivity contribution in [1.82, 2.24) is 19.5 Å². The Hall–Kier alpha value is -2.00. The van der Waals surface area contributed by atoms with Gasteiger partial charge in [-0.3, -0.25) is 14.6 Å². The highest BCUT2D eigenvalue weighted by molar-refractivity contribution is 7.89. The number of hydrogen-bond acceptors (Lipinski definition) is 5. The summed E-state index contributed by atoms with van der Waals surface area (Å²) in [4.78, 5) is 29.7. The minimum absolute atomic E-state index is 0.0754. The molecule has 1 saturated heterocycles. The summed E-state index contributed by atoms with van der Waals surface area (Å²) in [5.41, 5.74) is 0.671. The number of carbonyl (C=O) groups excluding carboxylic acids is 2. The van der Waals surface area contributed by atoms with Gasteiger partial charge in [0.1, 0.15) is 5.69 Å². The van der Waals surface area contributed by atoms with E-state index in [2.05, 4.69) is 10.3 Å². The molecule has 0 saturated carbocycles. The van der Waals surface area contributed by atoms with Gasteiger partial charge < -0.3 is 10.2 Å². The number of amides is 2. The minimum Gasteiger partial charge on any atom is -0.354 e. The molecular weight excluding hydrogens is 344 g/mol. The average molecular weight is 368 g/mol. The number of nitrogens with zero attached hydrogens (tertiary/aromatic N) is 3. The molecule has 2 rings (SSSR count). The summed E-state index contributed by atoms with van der Waals surface area (Å²) in [6, 6.07) is 3.02. The zero-order valence-electron chi connectivity index (χ0n) is 14.7. The molecule has 0 aromatic carbocycles. The largest absolute Gasteiger partial charge is 0.354 e. The predicted molar refractivity (Wildman–Crippen MR) is 93.8 cm³/mol. The number of pyridine rings is 1. The summed E-state index contributed by atoms with van der Waals surface area (Å²) in [6.07, 6.45) is 2.60. The van der Waals surface area contributed by atoms with E-state index >= 15 is 0 Å². The summed E-state index contributed by atoms with van der Waals surface area (Å²) in [5.74, 6) is -0.387. The van der Waals surface area contributed by atoms with Gasteiger partial charge in [0, 0.05) is 39.4 Å². The number of rotatable bonds is 5. The highest BCUT2D eigenvalue weighted by Crippen LogP contribution is 2.20. The van der Waals surface area contributed by atoms with Crippen LogP contribution in [0.3, 0.4) is 0 Å². The molecule has 1 aliphatic rings. The Kier molecular flexibility index (Phi) is 6.12. The molecule has 1 aromatic heterocycles. The van der Waals surface area contributed by atoms with Crippen molar-refractivity contribution in [3.8, 4) is 0 Å². The van der Waals surface area contributed by atoms with Crippen LogP contribution in [0.15, 0.2) is 18.3 Å². The molecule has 0 aliphatic carbocycles. The molecule has 1 fully saturated rings. The fraction of sp³-hybridized carbons (Fsp3) is 0.562. The normalized spacial score (nSPS) is 16.1. The first-order valence-corrected chi connectivity index (χ1v) is 9.84. The first-order chi connectivity index (χ1) is 11.8. The predicted octanol–water partition coefficient (Wildman–Crippen LogP) is 0.327. The van der Waals surface area contributed by atoms with Crippen molar-refractivity contribution in [2.75, 3.05) is 32.9 Å². The van der Waals surface area contributed by atoms with Gasteiger partial charge in [0.05, 0.1) is 11.3 Å². The highest BCUT2D eigenvalue weighted by atomic mass is 32.2. The monoisotopic (exact) mass is 368 g/mol. The van der Waals surface area contributed by atoms with Crippen LogP contribution < -0.4 is 5.32 Å². The van der Waals surface area contributed by atoms with Crippen LogP contribution in [0, 0.1) is 0 Å². The van der Waals surface area contributed by atoms with Crippen molar-refractivity contribution in [2.45, 2.75) is 25.8 Å². The molecule has 0 bridgehead atoms. The van der Waals surface area contributed by atoms with Crippen LogP contribution in [0.25, 0.3) is 0 Å². The van der Waals surface area contributed by atoms with E-state index in [0.29, 0.717) is 31.5 Å². The molecule has 9 heteroatoms. The third-order valence-corrected chi connectivity index (χ3v) is 6.44. The highest BCUT2D eigenvalue weighted by Gasteiger charge is 2.30. The van der Waals surface area contributed by atoms with Crippen molar-refractivity contribution in [2.24, 2.45) is 0 Å². The second-order valence-electron chi connectivity index (χ2n) is 5.95. The molecule has 138 valence electrons. The van der Waals surface area contributed by atoms with Gasteiger partial charge in [-0.1, -0.05) is 0 Å². The van der Waals surface area contributed by atoms with Crippen molar-refractivity contribution in [3.63, 3.8) is 0 Å². The van der Waals surface area contributed by atoms with Crippen LogP contribution in [0.5, 0.6) is 0 Å². The van der Waals surface area contributed by atoms with Gasteiger partial charge in [0.15, 0.2) is 0 Å². The van der Waals surface area contributed by atoms with E-state index < -0.39 is 10.0 Å². The van der Waals surface area contributed by atoms with Gasteiger partial charge in [0.25, 0.3) is 11.8 Å². The number of likely N-dealkylation sites (tertiary alicyclic amines) is 1. The number of hydrogen-bond donors (Lipinski definition) is 1. The maximum absolute atomic E-state index is 12.5. The fourth-order valence-corrected chi connectivity index (χ4v) is 3.90. The summed E-state index contributed by atoms with van der Waals surface area (Å²) < 4.78 is 25.3. The van der Waals surface area contributed by atoms with Crippen molar-refractivity contribution < 1.29 is 18.0 Å². The summed E-state index contributed by atoms with van der Waals surface area (Å²) >= 11 is 0. The fourth-order valence-electron chi connectivity index (χ4n) is 2.83. The van der Waals surface area contributed by atoms with Crippen molar-refractivity contribution in [1.29, 1.82) is 0 Å². The minimum atomic E-state index is -3.22. The molecule has 0 atom stereocenters. The zero-order chi connectivity index (χ0) is 18.6. The maximum atomic E-state index is 12.5. The van der Waals surface area contributed by atoms with E-state index in [9.17, 15) is 18.0 Å². The van der Waals surface area contributed by atoms with Gasteiger partial charge in [-0.15, -0.1) is 0 Å². The SMILES string of the molecule is CCS(=O)(=O)N(C)C1CCN(C(=O)c2ccc(C(=O)NC)nc2)CC1. The Morgan fingerprint density at radius 1 is 1.32 bits per heavy atom. The van der Waals surface area contributed by atoms with E-state index in [1.165, 1.54) is 23.6 Å². The molecule has 2 heterocycles. The molecule has 1 aromatic rings. The molecule has 0 radical (unpaired) electrons. The van der Waals surface area contributed by atoms with Crippen molar-refractivity contribution >= 4 is 21.8 Å². The third-order valence-electron chi connectivity index (χ3n) is 4.54. The van der Waals surface area contributed by atoms with E-state index in [4.69, 9.17) is 0 Å². The lowest BCUT2D eigenvalue weighted by Gasteiger charge is -2.36. The number of aromatic nitrogens is 1. The van der Waals surface area contributed by atoms with Gasteiger partial charge in [-0.2, -0.15) is 0 Å².